The number of carbonyl (C=O) groups is 1. The molecule has 0 aliphatic carbocycles. The molecule has 68 valence electrons. The number of aliphatic imine (C=N–C) groups is 1. The second-order valence-corrected chi connectivity index (χ2v) is 2.28. The van der Waals surface area contributed by atoms with Gasteiger partial charge in [0.25, 0.3) is 0 Å². The summed E-state index contributed by atoms with van der Waals surface area (Å²) in [7, 11) is 1.55. The first kappa shape index (κ1) is 9.25. The molecule has 0 radical (unpaired) electrons. The molecule has 0 atom stereocenters. The van der Waals surface area contributed by atoms with Crippen molar-refractivity contribution in [3.05, 3.63) is 29.8 Å². The normalized spacial score (nSPS) is 10.2. The topological polar surface area (TPSA) is 58.9 Å². The molecule has 0 aliphatic heterocycles. The van der Waals surface area contributed by atoms with Gasteiger partial charge in [0.1, 0.15) is 11.3 Å². The molecule has 1 aromatic rings. The third kappa shape index (κ3) is 2.30. The lowest BCUT2D eigenvalue weighted by atomic mass is 10.2. The number of ether oxygens (including phenoxy) is 1. The molecule has 0 fully saturated rings. The Labute approximate surface area is 75.5 Å². The fraction of sp³-hybridized carbons (Fsp3) is 0.111. The molecule has 1 N–H and O–H groups in total. The van der Waals surface area contributed by atoms with Crippen LogP contribution in [0.5, 0.6) is 5.75 Å². The van der Waals surface area contributed by atoms with Crippen LogP contribution in [0, 0.1) is 0 Å². The van der Waals surface area contributed by atoms with Crippen molar-refractivity contribution in [3.8, 4) is 5.75 Å². The zero-order valence-electron chi connectivity index (χ0n) is 7.10. The lowest BCUT2D eigenvalue weighted by Gasteiger charge is -2.02. The van der Waals surface area contributed by atoms with Gasteiger partial charge in [-0.3, -0.25) is 4.99 Å². The highest BCUT2D eigenvalue weighted by Gasteiger charge is 2.08. The van der Waals surface area contributed by atoms with Crippen molar-refractivity contribution in [2.45, 2.75) is 0 Å². The third-order valence-electron chi connectivity index (χ3n) is 1.40. The molecule has 0 unspecified atom stereocenters. The second-order valence-electron chi connectivity index (χ2n) is 2.28. The van der Waals surface area contributed by atoms with Crippen molar-refractivity contribution >= 4 is 12.4 Å². The van der Waals surface area contributed by atoms with E-state index in [1.165, 1.54) is 12.5 Å². The van der Waals surface area contributed by atoms with Gasteiger partial charge in [0.05, 0.1) is 0 Å². The molecule has 0 amide bonds. The number of carboxylic acid groups (broad SMARTS) is 1. The van der Waals surface area contributed by atoms with Crippen LogP contribution in [0.4, 0.5) is 0 Å². The van der Waals surface area contributed by atoms with Crippen LogP contribution in [0.25, 0.3) is 0 Å². The van der Waals surface area contributed by atoms with Gasteiger partial charge in [-0.2, -0.15) is 0 Å². The van der Waals surface area contributed by atoms with Gasteiger partial charge in [-0.25, -0.2) is 4.79 Å². The molecule has 1 aromatic carbocycles. The number of carboxylic acids is 1. The maximum atomic E-state index is 10.7. The van der Waals surface area contributed by atoms with Crippen LogP contribution in [0.3, 0.4) is 0 Å². The number of hydrogen-bond acceptors (Lipinski definition) is 3. The maximum absolute atomic E-state index is 10.7. The average Bonchev–Trinajstić information content (AvgIpc) is 2.15. The van der Waals surface area contributed by atoms with E-state index < -0.39 is 5.97 Å². The van der Waals surface area contributed by atoms with Gasteiger partial charge in [-0.15, -0.1) is 0 Å². The highest BCUT2D eigenvalue weighted by Crippen LogP contribution is 2.16. The van der Waals surface area contributed by atoms with Crippen LogP contribution in [-0.4, -0.2) is 24.5 Å². The van der Waals surface area contributed by atoms with Gasteiger partial charge in [0.2, 0.25) is 0 Å². The monoisotopic (exact) mass is 179 g/mol. The Kier molecular flexibility index (Phi) is 3.03. The van der Waals surface area contributed by atoms with Crippen molar-refractivity contribution in [3.63, 3.8) is 0 Å². The van der Waals surface area contributed by atoms with Gasteiger partial charge < -0.3 is 9.84 Å². The number of rotatable bonds is 3. The summed E-state index contributed by atoms with van der Waals surface area (Å²) in [5.41, 5.74) is 0.127. The summed E-state index contributed by atoms with van der Waals surface area (Å²) in [5, 5.41) is 8.74. The van der Waals surface area contributed by atoms with Gasteiger partial charge >= 0.3 is 5.97 Å². The summed E-state index contributed by atoms with van der Waals surface area (Å²) in [6.45, 7) is 0. The molecule has 0 aromatic heterocycles. The highest BCUT2D eigenvalue weighted by molar-refractivity contribution is 5.91. The van der Waals surface area contributed by atoms with Crippen molar-refractivity contribution in [2.75, 3.05) is 7.05 Å². The van der Waals surface area contributed by atoms with Gasteiger partial charge in [0, 0.05) is 7.05 Å². The SMILES string of the molecule is C/N=C/Oc1ccccc1C(=O)O. The van der Waals surface area contributed by atoms with E-state index in [4.69, 9.17) is 9.84 Å². The first-order valence-corrected chi connectivity index (χ1v) is 3.65. The molecular formula is C9H9NO3. The van der Waals surface area contributed by atoms with Crippen molar-refractivity contribution in [2.24, 2.45) is 4.99 Å². The molecule has 0 aliphatic rings. The van der Waals surface area contributed by atoms with E-state index in [0.29, 0.717) is 5.75 Å². The summed E-state index contributed by atoms with van der Waals surface area (Å²) in [4.78, 5) is 14.3. The largest absolute Gasteiger partial charge is 0.478 e. The summed E-state index contributed by atoms with van der Waals surface area (Å²) in [6.07, 6.45) is 1.20. The van der Waals surface area contributed by atoms with Crippen molar-refractivity contribution in [1.29, 1.82) is 0 Å². The molecule has 0 heterocycles. The number of nitrogens with zero attached hydrogens (tertiary/aromatic N) is 1. The van der Waals surface area contributed by atoms with Crippen LogP contribution in [0.15, 0.2) is 29.3 Å². The summed E-state index contributed by atoms with van der Waals surface area (Å²) >= 11 is 0. The minimum Gasteiger partial charge on any atom is -0.478 e. The van der Waals surface area contributed by atoms with E-state index >= 15 is 0 Å². The molecule has 1 rings (SSSR count). The number of hydrogen-bond donors (Lipinski definition) is 1. The number of benzene rings is 1. The fourth-order valence-electron chi connectivity index (χ4n) is 0.856. The molecule has 0 bridgehead atoms. The Morgan fingerprint density at radius 3 is 2.85 bits per heavy atom. The quantitative estimate of drug-likeness (QED) is 0.564. The second kappa shape index (κ2) is 4.25. The van der Waals surface area contributed by atoms with Crippen molar-refractivity contribution < 1.29 is 14.6 Å². The van der Waals surface area contributed by atoms with Crippen LogP contribution in [-0.2, 0) is 0 Å². The Morgan fingerprint density at radius 1 is 1.54 bits per heavy atom. The Balaban J connectivity index is 2.97. The van der Waals surface area contributed by atoms with E-state index in [1.54, 1.807) is 25.2 Å². The lowest BCUT2D eigenvalue weighted by molar-refractivity contribution is 0.0695. The minimum absolute atomic E-state index is 0.127. The predicted molar refractivity (Wildman–Crippen MR) is 48.4 cm³/mol. The van der Waals surface area contributed by atoms with E-state index in [1.807, 2.05) is 0 Å². The fourth-order valence-corrected chi connectivity index (χ4v) is 0.856. The maximum Gasteiger partial charge on any atom is 0.339 e. The van der Waals surface area contributed by atoms with Gasteiger partial charge in [-0.05, 0) is 12.1 Å². The van der Waals surface area contributed by atoms with Crippen molar-refractivity contribution in [1.82, 2.24) is 0 Å². The van der Waals surface area contributed by atoms with E-state index in [2.05, 4.69) is 4.99 Å². The van der Waals surface area contributed by atoms with E-state index in [0.717, 1.165) is 0 Å². The minimum atomic E-state index is -1.01. The smallest absolute Gasteiger partial charge is 0.339 e. The Hall–Kier alpha value is -1.84. The molecule has 4 heteroatoms. The van der Waals surface area contributed by atoms with Crippen LogP contribution < -0.4 is 4.74 Å². The van der Waals surface area contributed by atoms with E-state index in [9.17, 15) is 4.79 Å². The van der Waals surface area contributed by atoms with Crippen LogP contribution in [0.2, 0.25) is 0 Å². The summed E-state index contributed by atoms with van der Waals surface area (Å²) < 4.78 is 4.98. The van der Waals surface area contributed by atoms with Crippen LogP contribution >= 0.6 is 0 Å². The molecule has 4 nitrogen and oxygen atoms in total. The number of para-hydroxylation sites is 1. The Bertz CT molecular complexity index is 333. The Morgan fingerprint density at radius 2 is 2.23 bits per heavy atom. The molecule has 13 heavy (non-hydrogen) atoms. The zero-order valence-corrected chi connectivity index (χ0v) is 7.10. The average molecular weight is 179 g/mol. The summed E-state index contributed by atoms with van der Waals surface area (Å²) in [5.74, 6) is -0.722. The van der Waals surface area contributed by atoms with Crippen LogP contribution in [0.1, 0.15) is 10.4 Å². The van der Waals surface area contributed by atoms with E-state index in [-0.39, 0.29) is 5.56 Å². The van der Waals surface area contributed by atoms with Gasteiger partial charge in [-0.1, -0.05) is 12.1 Å². The highest BCUT2D eigenvalue weighted by atomic mass is 16.5. The predicted octanol–water partition coefficient (Wildman–Crippen LogP) is 1.42. The lowest BCUT2D eigenvalue weighted by Crippen LogP contribution is -2.01. The first-order valence-electron chi connectivity index (χ1n) is 3.65. The zero-order chi connectivity index (χ0) is 9.68. The number of aromatic carboxylic acids is 1. The molecule has 0 saturated heterocycles. The summed E-state index contributed by atoms with van der Waals surface area (Å²) in [6, 6.07) is 6.39. The van der Waals surface area contributed by atoms with Gasteiger partial charge in [0.15, 0.2) is 6.40 Å². The molecule has 0 saturated carbocycles. The first-order chi connectivity index (χ1) is 6.25. The molecular weight excluding hydrogens is 170 g/mol. The standard InChI is InChI=1S/C9H9NO3/c1-10-6-13-8-5-3-2-4-7(8)9(11)12/h2-6H,1H3,(H,11,12)/b10-6+. The third-order valence-corrected chi connectivity index (χ3v) is 1.40. The molecule has 0 spiro atoms.